The fraction of sp³-hybridized carbons (Fsp3) is 0.414. The number of pyridine rings is 1. The van der Waals surface area contributed by atoms with E-state index in [9.17, 15) is 22.0 Å². The van der Waals surface area contributed by atoms with E-state index in [-0.39, 0.29) is 59.2 Å². The molecule has 0 aliphatic carbocycles. The van der Waals surface area contributed by atoms with E-state index in [1.54, 1.807) is 6.07 Å². The van der Waals surface area contributed by atoms with Crippen LogP contribution in [0, 0.1) is 11.6 Å². The summed E-state index contributed by atoms with van der Waals surface area (Å²) in [4.78, 5) is 14.3. The average Bonchev–Trinajstić information content (AvgIpc) is 3.51. The summed E-state index contributed by atoms with van der Waals surface area (Å²) >= 11 is 6.31. The zero-order valence-corrected chi connectivity index (χ0v) is 23.9. The fourth-order valence-corrected chi connectivity index (χ4v) is 6.21. The second-order valence-electron chi connectivity index (χ2n) is 10.7. The molecule has 15 heteroatoms. The molecule has 2 atom stereocenters. The summed E-state index contributed by atoms with van der Waals surface area (Å²) in [5.74, 6) is -2.23. The van der Waals surface area contributed by atoms with E-state index in [0.717, 1.165) is 18.7 Å². The van der Waals surface area contributed by atoms with Gasteiger partial charge in [0.15, 0.2) is 19.2 Å². The number of hydrogen-bond donors (Lipinski definition) is 0. The van der Waals surface area contributed by atoms with Crippen LogP contribution < -0.4 is 14.2 Å². The van der Waals surface area contributed by atoms with Crippen molar-refractivity contribution in [1.82, 2.24) is 19.9 Å². The number of ether oxygens (including phenoxy) is 4. The number of methoxy groups -OCH3 is 1. The van der Waals surface area contributed by atoms with E-state index in [1.807, 2.05) is 4.90 Å². The van der Waals surface area contributed by atoms with Crippen LogP contribution in [-0.2, 0) is 4.74 Å². The van der Waals surface area contributed by atoms with Gasteiger partial charge in [0.05, 0.1) is 15.9 Å². The molecule has 8 nitrogen and oxygen atoms in total. The van der Waals surface area contributed by atoms with Gasteiger partial charge in [-0.15, -0.1) is 0 Å². The third-order valence-corrected chi connectivity index (χ3v) is 8.18. The summed E-state index contributed by atoms with van der Waals surface area (Å²) in [6, 6.07) is 5.04. The molecule has 234 valence electrons. The minimum atomic E-state index is -4.73. The third-order valence-electron chi connectivity index (χ3n) is 7.81. The van der Waals surface area contributed by atoms with Crippen LogP contribution in [0.3, 0.4) is 0 Å². The van der Waals surface area contributed by atoms with Crippen LogP contribution in [0.2, 0.25) is 5.02 Å². The van der Waals surface area contributed by atoms with Crippen molar-refractivity contribution in [2.45, 2.75) is 37.1 Å². The Morgan fingerprint density at radius 1 is 1.11 bits per heavy atom. The van der Waals surface area contributed by atoms with Gasteiger partial charge in [-0.25, -0.2) is 13.2 Å². The molecule has 4 heterocycles. The minimum absolute atomic E-state index is 0.0248. The first-order valence-electron chi connectivity index (χ1n) is 13.6. The summed E-state index contributed by atoms with van der Waals surface area (Å²) in [6.45, 7) is -1.01. The molecule has 0 spiro atoms. The van der Waals surface area contributed by atoms with Crippen molar-refractivity contribution in [2.24, 2.45) is 0 Å². The van der Waals surface area contributed by atoms with Crippen molar-refractivity contribution in [1.29, 1.82) is 0 Å². The topological polar surface area (TPSA) is 78.8 Å². The Morgan fingerprint density at radius 3 is 2.70 bits per heavy atom. The van der Waals surface area contributed by atoms with E-state index in [4.69, 9.17) is 30.5 Å². The van der Waals surface area contributed by atoms with E-state index in [0.29, 0.717) is 18.4 Å². The van der Waals surface area contributed by atoms with E-state index < -0.39 is 53.5 Å². The highest BCUT2D eigenvalue weighted by Gasteiger charge is 2.49. The lowest BCUT2D eigenvalue weighted by Crippen LogP contribution is -2.43. The normalized spacial score (nSPS) is 20.4. The largest absolute Gasteiger partial charge is 0.468 e. The zero-order chi connectivity index (χ0) is 31.2. The maximum Gasteiger partial charge on any atom is 0.422 e. The first kappa shape index (κ1) is 30.4. The predicted octanol–water partition coefficient (Wildman–Crippen LogP) is 6.66. The maximum atomic E-state index is 16.4. The predicted molar refractivity (Wildman–Crippen MR) is 148 cm³/mol. The summed E-state index contributed by atoms with van der Waals surface area (Å²) in [6.07, 6.45) is -3.05. The van der Waals surface area contributed by atoms with Crippen molar-refractivity contribution < 1.29 is 45.3 Å². The van der Waals surface area contributed by atoms with Gasteiger partial charge in [-0.3, -0.25) is 9.88 Å². The molecule has 0 bridgehead atoms. The van der Waals surface area contributed by atoms with Gasteiger partial charge in [0.2, 0.25) is 5.88 Å². The van der Waals surface area contributed by atoms with E-state index in [2.05, 4.69) is 15.0 Å². The fourth-order valence-electron chi connectivity index (χ4n) is 5.94. The van der Waals surface area contributed by atoms with Crippen molar-refractivity contribution in [2.75, 3.05) is 40.2 Å². The molecule has 2 fully saturated rings. The van der Waals surface area contributed by atoms with Gasteiger partial charge >= 0.3 is 12.2 Å². The third kappa shape index (κ3) is 5.77. The van der Waals surface area contributed by atoms with Crippen LogP contribution in [-0.4, -0.2) is 77.9 Å². The molecule has 2 aromatic heterocycles. The number of fused-ring (bicyclic) bond motifs is 3. The van der Waals surface area contributed by atoms with Gasteiger partial charge in [-0.1, -0.05) is 17.7 Å². The van der Waals surface area contributed by atoms with Crippen molar-refractivity contribution >= 4 is 33.3 Å². The van der Waals surface area contributed by atoms with Crippen LogP contribution in [0.15, 0.2) is 30.5 Å². The Labute approximate surface area is 251 Å². The van der Waals surface area contributed by atoms with Crippen molar-refractivity contribution in [3.8, 4) is 28.9 Å². The Kier molecular flexibility index (Phi) is 8.09. The number of benzene rings is 2. The van der Waals surface area contributed by atoms with Crippen LogP contribution in [0.1, 0.15) is 19.3 Å². The van der Waals surface area contributed by atoms with Crippen LogP contribution in [0.25, 0.3) is 32.9 Å². The number of alkyl halides is 4. The SMILES string of the molecule is COCOc1cc(-c2ncc3c(OCC(F)(F)F)nc(OC[C@@]45CCCN4C[C@H](F)C5)nc3c2F)c2c(Cl)c(F)ccc2c1. The molecular weight excluding hydrogens is 618 g/mol. The number of hydrogen-bond acceptors (Lipinski definition) is 8. The lowest BCUT2D eigenvalue weighted by molar-refractivity contribution is -0.153. The molecule has 44 heavy (non-hydrogen) atoms. The number of halogens is 7. The molecule has 4 aromatic rings. The molecule has 2 aliphatic rings. The molecule has 0 saturated carbocycles. The van der Waals surface area contributed by atoms with Gasteiger partial charge in [0, 0.05) is 37.2 Å². The van der Waals surface area contributed by atoms with Gasteiger partial charge in [0.1, 0.15) is 35.6 Å². The smallest absolute Gasteiger partial charge is 0.422 e. The number of nitrogens with zero attached hydrogens (tertiary/aromatic N) is 4. The number of rotatable bonds is 9. The molecule has 2 saturated heterocycles. The average molecular weight is 643 g/mol. The van der Waals surface area contributed by atoms with Crippen molar-refractivity contribution in [3.63, 3.8) is 0 Å². The summed E-state index contributed by atoms with van der Waals surface area (Å²) in [7, 11) is 1.41. The standard InChI is InChI=1S/C29H25ClF6N4O4/c1-41-14-44-17-7-15-3-4-20(32)22(30)21(15)18(8-17)24-23(33)25-19(10-37-24)26(42-13-29(34,35)36)39-27(38-25)43-12-28-5-2-6-40(28)11-16(31)9-28/h3-4,7-8,10,16H,2,5-6,9,11-14H2,1H3/t16-,28+/m1/s1. The second kappa shape index (κ2) is 11.7. The summed E-state index contributed by atoms with van der Waals surface area (Å²) < 4.78 is 106. The van der Waals surface area contributed by atoms with E-state index >= 15 is 4.39 Å². The molecule has 2 aliphatic heterocycles. The molecular formula is C29H25ClF6N4O4. The minimum Gasteiger partial charge on any atom is -0.468 e. The highest BCUT2D eigenvalue weighted by atomic mass is 35.5. The molecule has 0 amide bonds. The van der Waals surface area contributed by atoms with Gasteiger partial charge in [0.25, 0.3) is 0 Å². The molecule has 0 radical (unpaired) electrons. The van der Waals surface area contributed by atoms with Crippen LogP contribution >= 0.6 is 11.6 Å². The lowest BCUT2D eigenvalue weighted by Gasteiger charge is -2.30. The molecule has 2 aromatic carbocycles. The van der Waals surface area contributed by atoms with Crippen LogP contribution in [0.4, 0.5) is 26.3 Å². The quantitative estimate of drug-likeness (QED) is 0.148. The highest BCUT2D eigenvalue weighted by Crippen LogP contribution is 2.42. The maximum absolute atomic E-state index is 16.4. The lowest BCUT2D eigenvalue weighted by atomic mass is 9.95. The Balaban J connectivity index is 1.47. The Morgan fingerprint density at radius 2 is 1.93 bits per heavy atom. The zero-order valence-electron chi connectivity index (χ0n) is 23.2. The first-order valence-corrected chi connectivity index (χ1v) is 14.0. The molecule has 0 unspecified atom stereocenters. The highest BCUT2D eigenvalue weighted by molar-refractivity contribution is 6.37. The van der Waals surface area contributed by atoms with Gasteiger partial charge < -0.3 is 18.9 Å². The van der Waals surface area contributed by atoms with E-state index in [1.165, 1.54) is 19.2 Å². The first-order chi connectivity index (χ1) is 21.0. The van der Waals surface area contributed by atoms with Crippen LogP contribution in [0.5, 0.6) is 17.6 Å². The Hall–Kier alpha value is -3.62. The van der Waals surface area contributed by atoms with Crippen molar-refractivity contribution in [3.05, 3.63) is 47.1 Å². The molecule has 0 N–H and O–H groups in total. The summed E-state index contributed by atoms with van der Waals surface area (Å²) in [5.41, 5.74) is -1.41. The monoisotopic (exact) mass is 642 g/mol. The second-order valence-corrected chi connectivity index (χ2v) is 11.1. The van der Waals surface area contributed by atoms with Gasteiger partial charge in [-0.05, 0) is 43.0 Å². The number of aromatic nitrogens is 3. The summed E-state index contributed by atoms with van der Waals surface area (Å²) in [5, 5.41) is -0.0586. The Bertz CT molecular complexity index is 1730. The van der Waals surface area contributed by atoms with Gasteiger partial charge in [-0.2, -0.15) is 23.1 Å². The molecule has 6 rings (SSSR count).